The van der Waals surface area contributed by atoms with Gasteiger partial charge in [0, 0.05) is 11.1 Å². The first-order valence-corrected chi connectivity index (χ1v) is 11.3. The van der Waals surface area contributed by atoms with Crippen LogP contribution in [0.4, 0.5) is 5.69 Å². The highest BCUT2D eigenvalue weighted by Crippen LogP contribution is 2.31. The lowest BCUT2D eigenvalue weighted by molar-refractivity contribution is -0.112. The molecule has 0 saturated heterocycles. The summed E-state index contributed by atoms with van der Waals surface area (Å²) >= 11 is 0. The summed E-state index contributed by atoms with van der Waals surface area (Å²) in [5.41, 5.74) is 5.21. The van der Waals surface area contributed by atoms with Crippen molar-refractivity contribution in [3.63, 3.8) is 0 Å². The first-order chi connectivity index (χ1) is 16.8. The van der Waals surface area contributed by atoms with Crippen LogP contribution < -0.4 is 14.8 Å². The van der Waals surface area contributed by atoms with Crippen molar-refractivity contribution in [3.8, 4) is 17.2 Å². The second-order valence-electron chi connectivity index (χ2n) is 8.50. The van der Waals surface area contributed by atoms with Crippen LogP contribution in [0, 0.1) is 13.8 Å². The molecule has 4 aromatic rings. The Hall–Kier alpha value is -4.26. The Labute approximate surface area is 203 Å². The van der Waals surface area contributed by atoms with Gasteiger partial charge in [0.15, 0.2) is 17.2 Å². The lowest BCUT2D eigenvalue weighted by atomic mass is 10.0. The van der Waals surface area contributed by atoms with E-state index in [-0.39, 0.29) is 11.4 Å². The number of aromatic amines is 1. The molecule has 0 atom stereocenters. The largest absolute Gasteiger partial charge is 0.505 e. The number of methoxy groups -OCH3 is 2. The SMILES string of the molecule is COc1ccc(CCc2ccc(NC(=O)C(=O)c3[nH]c4cc(C)c(C)cc4c3O)cc2)cc1OC. The van der Waals surface area contributed by atoms with Crippen molar-refractivity contribution >= 4 is 28.3 Å². The number of aryl methyl sites for hydroxylation is 4. The number of nitrogens with one attached hydrogen (secondary N) is 2. The molecular weight excluding hydrogens is 444 g/mol. The predicted octanol–water partition coefficient (Wildman–Crippen LogP) is 5.11. The van der Waals surface area contributed by atoms with Crippen LogP contribution >= 0.6 is 0 Å². The number of aromatic hydroxyl groups is 1. The van der Waals surface area contributed by atoms with Crippen molar-refractivity contribution in [2.45, 2.75) is 26.7 Å². The standard InChI is InChI=1S/C28H28N2O5/c1-16-13-21-22(14-17(16)2)30-25(26(21)31)27(32)28(33)29-20-10-7-18(8-11-20)5-6-19-9-12-23(34-3)24(15-19)35-4/h7-15,30-31H,5-6H2,1-4H3,(H,29,33). The maximum atomic E-state index is 12.7. The van der Waals surface area contributed by atoms with Gasteiger partial charge in [-0.2, -0.15) is 0 Å². The number of amides is 1. The minimum absolute atomic E-state index is 0.117. The van der Waals surface area contributed by atoms with Crippen molar-refractivity contribution < 1.29 is 24.2 Å². The molecule has 1 amide bonds. The second kappa shape index (κ2) is 9.93. The van der Waals surface area contributed by atoms with Gasteiger partial charge >= 0.3 is 0 Å². The number of carbonyl (C=O) groups excluding carboxylic acids is 2. The van der Waals surface area contributed by atoms with Gasteiger partial charge in [0.05, 0.1) is 19.7 Å². The molecule has 0 aliphatic rings. The van der Waals surface area contributed by atoms with Crippen LogP contribution in [0.1, 0.15) is 32.7 Å². The predicted molar refractivity (Wildman–Crippen MR) is 136 cm³/mol. The summed E-state index contributed by atoms with van der Waals surface area (Å²) in [7, 11) is 3.22. The molecule has 35 heavy (non-hydrogen) atoms. The summed E-state index contributed by atoms with van der Waals surface area (Å²) in [5, 5.41) is 13.6. The number of H-pyrrole nitrogens is 1. The topological polar surface area (TPSA) is 101 Å². The van der Waals surface area contributed by atoms with Gasteiger partial charge in [-0.05, 0) is 85.3 Å². The van der Waals surface area contributed by atoms with Gasteiger partial charge in [-0.25, -0.2) is 0 Å². The fourth-order valence-electron chi connectivity index (χ4n) is 3.99. The summed E-state index contributed by atoms with van der Waals surface area (Å²) in [6.07, 6.45) is 1.60. The van der Waals surface area contributed by atoms with Crippen LogP contribution in [0.5, 0.6) is 17.2 Å². The second-order valence-corrected chi connectivity index (χ2v) is 8.50. The molecule has 0 saturated carbocycles. The zero-order valence-electron chi connectivity index (χ0n) is 20.2. The highest BCUT2D eigenvalue weighted by Gasteiger charge is 2.24. The van der Waals surface area contributed by atoms with Gasteiger partial charge in [0.25, 0.3) is 11.7 Å². The number of benzene rings is 3. The van der Waals surface area contributed by atoms with Crippen LogP contribution in [-0.4, -0.2) is 36.0 Å². The molecule has 0 aliphatic carbocycles. The van der Waals surface area contributed by atoms with E-state index in [0.29, 0.717) is 28.1 Å². The zero-order valence-corrected chi connectivity index (χ0v) is 20.2. The van der Waals surface area contributed by atoms with E-state index in [9.17, 15) is 14.7 Å². The third-order valence-corrected chi connectivity index (χ3v) is 6.18. The van der Waals surface area contributed by atoms with E-state index >= 15 is 0 Å². The minimum Gasteiger partial charge on any atom is -0.505 e. The Morgan fingerprint density at radius 2 is 1.49 bits per heavy atom. The first kappa shape index (κ1) is 23.9. The average Bonchev–Trinajstić information content (AvgIpc) is 3.18. The molecule has 0 radical (unpaired) electrons. The van der Waals surface area contributed by atoms with Crippen molar-refractivity contribution in [1.29, 1.82) is 0 Å². The summed E-state index contributed by atoms with van der Waals surface area (Å²) in [6.45, 7) is 3.87. The Morgan fingerprint density at radius 3 is 2.17 bits per heavy atom. The van der Waals surface area contributed by atoms with Gasteiger partial charge < -0.3 is 24.9 Å². The number of anilines is 1. The van der Waals surface area contributed by atoms with Gasteiger partial charge in [-0.15, -0.1) is 0 Å². The van der Waals surface area contributed by atoms with Crippen LogP contribution in [0.3, 0.4) is 0 Å². The van der Waals surface area contributed by atoms with Crippen molar-refractivity contribution in [2.24, 2.45) is 0 Å². The third kappa shape index (κ3) is 4.99. The molecule has 4 rings (SSSR count). The Bertz CT molecular complexity index is 1400. The number of ether oxygens (including phenoxy) is 2. The molecule has 1 heterocycles. The molecule has 0 fully saturated rings. The molecule has 7 nitrogen and oxygen atoms in total. The fourth-order valence-corrected chi connectivity index (χ4v) is 3.99. The Kier molecular flexibility index (Phi) is 6.78. The van der Waals surface area contributed by atoms with Gasteiger partial charge in [0.2, 0.25) is 0 Å². The molecule has 3 N–H and O–H groups in total. The van der Waals surface area contributed by atoms with Gasteiger partial charge in [-0.3, -0.25) is 9.59 Å². The van der Waals surface area contributed by atoms with Crippen molar-refractivity contribution in [2.75, 3.05) is 19.5 Å². The lowest BCUT2D eigenvalue weighted by Gasteiger charge is -2.10. The van der Waals surface area contributed by atoms with E-state index < -0.39 is 11.7 Å². The molecule has 0 bridgehead atoms. The highest BCUT2D eigenvalue weighted by atomic mass is 16.5. The number of aromatic nitrogens is 1. The number of rotatable bonds is 8. The maximum Gasteiger partial charge on any atom is 0.298 e. The lowest BCUT2D eigenvalue weighted by Crippen LogP contribution is -2.23. The highest BCUT2D eigenvalue weighted by molar-refractivity contribution is 6.47. The molecule has 7 heteroatoms. The Morgan fingerprint density at radius 1 is 0.857 bits per heavy atom. The summed E-state index contributed by atoms with van der Waals surface area (Å²) in [4.78, 5) is 28.2. The molecule has 0 unspecified atom stereocenters. The van der Waals surface area contributed by atoms with Crippen LogP contribution in [0.2, 0.25) is 0 Å². The summed E-state index contributed by atoms with van der Waals surface area (Å²) in [5.74, 6) is -0.477. The molecule has 0 aliphatic heterocycles. The summed E-state index contributed by atoms with van der Waals surface area (Å²) in [6, 6.07) is 16.8. The van der Waals surface area contributed by atoms with E-state index in [4.69, 9.17) is 9.47 Å². The fraction of sp³-hybridized carbons (Fsp3) is 0.214. The molecular formula is C28H28N2O5. The number of fused-ring (bicyclic) bond motifs is 1. The maximum absolute atomic E-state index is 12.7. The van der Waals surface area contributed by atoms with Gasteiger partial charge in [0.1, 0.15) is 5.69 Å². The van der Waals surface area contributed by atoms with Crippen LogP contribution in [-0.2, 0) is 17.6 Å². The molecule has 3 aromatic carbocycles. The first-order valence-electron chi connectivity index (χ1n) is 11.3. The van der Waals surface area contributed by atoms with E-state index in [1.807, 2.05) is 50.2 Å². The quantitative estimate of drug-likeness (QED) is 0.244. The van der Waals surface area contributed by atoms with E-state index in [2.05, 4.69) is 10.3 Å². The smallest absolute Gasteiger partial charge is 0.298 e. The third-order valence-electron chi connectivity index (χ3n) is 6.18. The van der Waals surface area contributed by atoms with Crippen molar-refractivity contribution in [1.82, 2.24) is 4.98 Å². The number of carbonyl (C=O) groups is 2. The number of hydrogen-bond acceptors (Lipinski definition) is 5. The number of hydrogen-bond donors (Lipinski definition) is 3. The minimum atomic E-state index is -0.827. The average molecular weight is 473 g/mol. The molecule has 1 aromatic heterocycles. The zero-order chi connectivity index (χ0) is 25.1. The van der Waals surface area contributed by atoms with Crippen molar-refractivity contribution in [3.05, 3.63) is 82.5 Å². The monoisotopic (exact) mass is 472 g/mol. The number of ketones is 1. The van der Waals surface area contributed by atoms with Crippen LogP contribution in [0.25, 0.3) is 10.9 Å². The van der Waals surface area contributed by atoms with E-state index in [1.165, 1.54) is 0 Å². The normalized spacial score (nSPS) is 10.9. The van der Waals surface area contributed by atoms with E-state index in [0.717, 1.165) is 35.1 Å². The molecule has 0 spiro atoms. The molecule has 180 valence electrons. The Balaban J connectivity index is 1.40. The van der Waals surface area contributed by atoms with Crippen LogP contribution in [0.15, 0.2) is 54.6 Å². The van der Waals surface area contributed by atoms with Gasteiger partial charge in [-0.1, -0.05) is 18.2 Å². The summed E-state index contributed by atoms with van der Waals surface area (Å²) < 4.78 is 10.6. The number of Topliss-reactive ketones (excluding diaryl/α,β-unsaturated/α-hetero) is 1. The van der Waals surface area contributed by atoms with E-state index in [1.54, 1.807) is 32.4 Å².